The zero-order chi connectivity index (χ0) is 24.6. The number of aliphatic hydroxyl groups excluding tert-OH is 10. The lowest BCUT2D eigenvalue weighted by molar-refractivity contribution is -0.377. The van der Waals surface area contributed by atoms with E-state index in [4.69, 9.17) is 23.7 Å². The molecule has 33 heavy (non-hydrogen) atoms. The zero-order valence-corrected chi connectivity index (χ0v) is 17.6. The van der Waals surface area contributed by atoms with Crippen molar-refractivity contribution in [2.24, 2.45) is 0 Å². The maximum absolute atomic E-state index is 10.7. The van der Waals surface area contributed by atoms with Gasteiger partial charge in [-0.15, -0.1) is 0 Å². The van der Waals surface area contributed by atoms with Crippen LogP contribution in [0, 0.1) is 0 Å². The van der Waals surface area contributed by atoms with Crippen LogP contribution in [0.25, 0.3) is 0 Å². The standard InChI is InChI=1S/C18H32O15/c1-4-7(21)9(23)12(26)17(29-4)33-15-8(22)5(2-19)31-18(13(15)27)32-14-6(3-20)30-16(28)11(25)10(14)24/h4-28H,2-3H2,1H3/t4-,5-,6-,7+,8+,9+,10-,11-,12-,13-,14-,15+,16?,17+,18+/m1/s1. The van der Waals surface area contributed by atoms with E-state index >= 15 is 0 Å². The number of hydrogen-bond donors (Lipinski definition) is 10. The van der Waals surface area contributed by atoms with Crippen LogP contribution in [0.1, 0.15) is 6.92 Å². The summed E-state index contributed by atoms with van der Waals surface area (Å²) < 4.78 is 26.6. The van der Waals surface area contributed by atoms with E-state index in [0.717, 1.165) is 0 Å². The highest BCUT2D eigenvalue weighted by molar-refractivity contribution is 4.96. The topological polar surface area (TPSA) is 248 Å². The van der Waals surface area contributed by atoms with Crippen LogP contribution in [0.15, 0.2) is 0 Å². The van der Waals surface area contributed by atoms with Gasteiger partial charge in [-0.25, -0.2) is 0 Å². The first kappa shape index (κ1) is 27.0. The van der Waals surface area contributed by atoms with Crippen LogP contribution >= 0.6 is 0 Å². The molecule has 3 fully saturated rings. The monoisotopic (exact) mass is 488 g/mol. The van der Waals surface area contributed by atoms with Gasteiger partial charge in [0.25, 0.3) is 0 Å². The van der Waals surface area contributed by atoms with E-state index in [1.165, 1.54) is 6.92 Å². The number of rotatable bonds is 6. The smallest absolute Gasteiger partial charge is 0.187 e. The van der Waals surface area contributed by atoms with Crippen LogP contribution in [-0.4, -0.2) is 156 Å². The molecule has 3 aliphatic rings. The fraction of sp³-hybridized carbons (Fsp3) is 1.00. The van der Waals surface area contributed by atoms with Gasteiger partial charge in [0.1, 0.15) is 67.1 Å². The average Bonchev–Trinajstić information content (AvgIpc) is 2.79. The first-order valence-corrected chi connectivity index (χ1v) is 10.4. The van der Waals surface area contributed by atoms with Gasteiger partial charge in [0.15, 0.2) is 18.9 Å². The van der Waals surface area contributed by atoms with Crippen LogP contribution in [0.4, 0.5) is 0 Å². The molecule has 0 saturated carbocycles. The minimum atomic E-state index is -1.84. The van der Waals surface area contributed by atoms with E-state index in [0.29, 0.717) is 0 Å². The summed E-state index contributed by atoms with van der Waals surface area (Å²) in [6.07, 6.45) is -23.9. The maximum Gasteiger partial charge on any atom is 0.187 e. The van der Waals surface area contributed by atoms with E-state index < -0.39 is 105 Å². The van der Waals surface area contributed by atoms with Crippen molar-refractivity contribution in [2.45, 2.75) is 99.0 Å². The van der Waals surface area contributed by atoms with Crippen LogP contribution in [0.3, 0.4) is 0 Å². The molecular formula is C18H32O15. The average molecular weight is 488 g/mol. The van der Waals surface area contributed by atoms with E-state index in [1.54, 1.807) is 0 Å². The molecule has 0 amide bonds. The molecule has 0 bridgehead atoms. The van der Waals surface area contributed by atoms with Crippen molar-refractivity contribution in [2.75, 3.05) is 13.2 Å². The van der Waals surface area contributed by atoms with Gasteiger partial charge in [0, 0.05) is 0 Å². The van der Waals surface area contributed by atoms with Gasteiger partial charge in [-0.2, -0.15) is 0 Å². The molecule has 194 valence electrons. The summed E-state index contributed by atoms with van der Waals surface area (Å²) in [5.74, 6) is 0. The van der Waals surface area contributed by atoms with Gasteiger partial charge in [0.05, 0.1) is 19.3 Å². The van der Waals surface area contributed by atoms with Crippen molar-refractivity contribution in [3.05, 3.63) is 0 Å². The Morgan fingerprint density at radius 2 is 1.12 bits per heavy atom. The predicted octanol–water partition coefficient (Wildman–Crippen LogP) is -6.55. The normalized spacial score (nSPS) is 53.7. The summed E-state index contributed by atoms with van der Waals surface area (Å²) in [5, 5.41) is 99.9. The summed E-state index contributed by atoms with van der Waals surface area (Å²) in [4.78, 5) is 0. The third kappa shape index (κ3) is 5.32. The Kier molecular flexibility index (Phi) is 8.99. The highest BCUT2D eigenvalue weighted by Crippen LogP contribution is 2.32. The van der Waals surface area contributed by atoms with E-state index in [2.05, 4.69) is 0 Å². The first-order chi connectivity index (χ1) is 15.5. The van der Waals surface area contributed by atoms with Crippen molar-refractivity contribution in [1.29, 1.82) is 0 Å². The molecule has 0 aliphatic carbocycles. The van der Waals surface area contributed by atoms with Gasteiger partial charge in [0.2, 0.25) is 0 Å². The fourth-order valence-electron chi connectivity index (χ4n) is 4.00. The Morgan fingerprint density at radius 1 is 0.545 bits per heavy atom. The van der Waals surface area contributed by atoms with Crippen LogP contribution < -0.4 is 0 Å². The third-order valence-electron chi connectivity index (χ3n) is 6.05. The lowest BCUT2D eigenvalue weighted by Crippen LogP contribution is -2.66. The van der Waals surface area contributed by atoms with Crippen molar-refractivity contribution < 1.29 is 74.7 Å². The predicted molar refractivity (Wildman–Crippen MR) is 99.8 cm³/mol. The minimum absolute atomic E-state index is 0.749. The van der Waals surface area contributed by atoms with E-state index in [1.807, 2.05) is 0 Å². The molecule has 3 rings (SSSR count). The van der Waals surface area contributed by atoms with Gasteiger partial charge in [-0.1, -0.05) is 0 Å². The van der Waals surface area contributed by atoms with Crippen LogP contribution in [0.2, 0.25) is 0 Å². The SMILES string of the molecule is C[C@H]1O[C@@H](O[C@H]2[C@@H](O)[C@@H](CO)O[C@@H](O[C@H]3[C@H](O)[C@@H](O)C(O)O[C@@H]3CO)[C@@H]2O)[C@H](O)[C@@H](O)[C@H]1O. The Hall–Kier alpha value is -0.600. The summed E-state index contributed by atoms with van der Waals surface area (Å²) >= 11 is 0. The van der Waals surface area contributed by atoms with Gasteiger partial charge in [-0.3, -0.25) is 0 Å². The molecule has 0 spiro atoms. The highest BCUT2D eigenvalue weighted by Gasteiger charge is 2.53. The molecule has 1 unspecified atom stereocenters. The molecular weight excluding hydrogens is 456 g/mol. The summed E-state index contributed by atoms with van der Waals surface area (Å²) in [6.45, 7) is -0.122. The van der Waals surface area contributed by atoms with Crippen molar-refractivity contribution in [3.8, 4) is 0 Å². The van der Waals surface area contributed by atoms with Crippen LogP contribution in [0.5, 0.6) is 0 Å². The minimum Gasteiger partial charge on any atom is -0.394 e. The van der Waals surface area contributed by atoms with E-state index in [9.17, 15) is 51.1 Å². The van der Waals surface area contributed by atoms with Crippen molar-refractivity contribution in [1.82, 2.24) is 0 Å². The number of hydrogen-bond acceptors (Lipinski definition) is 15. The Bertz CT molecular complexity index is 624. The molecule has 3 heterocycles. The van der Waals surface area contributed by atoms with Crippen molar-refractivity contribution in [3.63, 3.8) is 0 Å². The first-order valence-electron chi connectivity index (χ1n) is 10.4. The van der Waals surface area contributed by atoms with Crippen molar-refractivity contribution >= 4 is 0 Å². The Labute approximate surface area is 187 Å². The number of aliphatic hydroxyl groups is 10. The van der Waals surface area contributed by atoms with Crippen LogP contribution in [-0.2, 0) is 23.7 Å². The molecule has 3 saturated heterocycles. The lowest BCUT2D eigenvalue weighted by Gasteiger charge is -2.47. The molecule has 0 aromatic rings. The summed E-state index contributed by atoms with van der Waals surface area (Å²) in [7, 11) is 0. The molecule has 15 nitrogen and oxygen atoms in total. The largest absolute Gasteiger partial charge is 0.394 e. The lowest BCUT2D eigenvalue weighted by atomic mass is 9.96. The molecule has 3 aliphatic heterocycles. The third-order valence-corrected chi connectivity index (χ3v) is 6.05. The summed E-state index contributed by atoms with van der Waals surface area (Å²) in [5.41, 5.74) is 0. The molecule has 0 radical (unpaired) electrons. The quantitative estimate of drug-likeness (QED) is 0.167. The zero-order valence-electron chi connectivity index (χ0n) is 17.6. The highest BCUT2D eigenvalue weighted by atomic mass is 16.7. The maximum atomic E-state index is 10.7. The van der Waals surface area contributed by atoms with E-state index in [-0.39, 0.29) is 0 Å². The fourth-order valence-corrected chi connectivity index (χ4v) is 4.00. The van der Waals surface area contributed by atoms with Gasteiger partial charge in [-0.05, 0) is 6.92 Å². The second kappa shape index (κ2) is 11.0. The molecule has 10 N–H and O–H groups in total. The molecule has 15 heteroatoms. The van der Waals surface area contributed by atoms with Gasteiger partial charge >= 0.3 is 0 Å². The second-order valence-corrected chi connectivity index (χ2v) is 8.32. The summed E-state index contributed by atoms with van der Waals surface area (Å²) in [6, 6.07) is 0. The molecule has 15 atom stereocenters. The number of ether oxygens (including phenoxy) is 5. The molecule has 0 aromatic carbocycles. The second-order valence-electron chi connectivity index (χ2n) is 8.32. The molecule has 0 aromatic heterocycles. The Balaban J connectivity index is 1.77. The Morgan fingerprint density at radius 3 is 1.73 bits per heavy atom. The van der Waals surface area contributed by atoms with Gasteiger partial charge < -0.3 is 74.7 Å².